The summed E-state index contributed by atoms with van der Waals surface area (Å²) in [5.74, 6) is -1.94. The van der Waals surface area contributed by atoms with Crippen LogP contribution in [0.4, 0.5) is 5.13 Å². The number of carbonyl (C=O) groups excluding carboxylic acids is 3. The monoisotopic (exact) mass is 478 g/mol. The van der Waals surface area contributed by atoms with E-state index in [1.54, 1.807) is 56.5 Å². The maximum Gasteiger partial charge on any atom is 0.350 e. The molecule has 1 fully saturated rings. The molecule has 0 spiro atoms. The zero-order valence-corrected chi connectivity index (χ0v) is 19.8. The number of ether oxygens (including phenoxy) is 2. The van der Waals surface area contributed by atoms with Gasteiger partial charge in [0.25, 0.3) is 5.78 Å². The summed E-state index contributed by atoms with van der Waals surface area (Å²) in [6.07, 6.45) is 0. The lowest BCUT2D eigenvalue weighted by Crippen LogP contribution is -2.29. The van der Waals surface area contributed by atoms with Gasteiger partial charge < -0.3 is 14.6 Å². The molecule has 1 aromatic heterocycles. The van der Waals surface area contributed by atoms with Crippen molar-refractivity contribution in [3.8, 4) is 5.75 Å². The zero-order chi connectivity index (χ0) is 24.6. The van der Waals surface area contributed by atoms with Crippen molar-refractivity contribution in [2.24, 2.45) is 0 Å². The molecule has 4 rings (SSSR count). The van der Waals surface area contributed by atoms with Crippen molar-refractivity contribution >= 4 is 39.9 Å². The number of thiazole rings is 1. The Morgan fingerprint density at radius 2 is 1.79 bits per heavy atom. The smallest absolute Gasteiger partial charge is 0.350 e. The summed E-state index contributed by atoms with van der Waals surface area (Å²) in [4.78, 5) is 44.4. The molecule has 9 heteroatoms. The second kappa shape index (κ2) is 9.11. The molecule has 1 N–H and O–H groups in total. The number of aliphatic hydroxyl groups excluding tert-OH is 1. The second-order valence-corrected chi connectivity index (χ2v) is 8.64. The molecule has 0 unspecified atom stereocenters. The highest BCUT2D eigenvalue weighted by molar-refractivity contribution is 7.17. The summed E-state index contributed by atoms with van der Waals surface area (Å²) in [6, 6.07) is 13.0. The number of nitrogens with zero attached hydrogens (tertiary/aromatic N) is 2. The first kappa shape index (κ1) is 23.2. The third-order valence-electron chi connectivity index (χ3n) is 5.59. The van der Waals surface area contributed by atoms with Crippen LogP contribution < -0.4 is 9.64 Å². The number of aryl methyl sites for hydroxylation is 2. The normalized spacial score (nSPS) is 17.2. The highest BCUT2D eigenvalue weighted by Gasteiger charge is 2.48. The number of hydrogen-bond donors (Lipinski definition) is 1. The molecule has 0 bridgehead atoms. The summed E-state index contributed by atoms with van der Waals surface area (Å²) in [6.45, 7) is 3.44. The minimum absolute atomic E-state index is 0.0618. The highest BCUT2D eigenvalue weighted by atomic mass is 32.1. The quantitative estimate of drug-likeness (QED) is 0.254. The Hall–Kier alpha value is -3.98. The van der Waals surface area contributed by atoms with E-state index in [2.05, 4.69) is 4.98 Å². The van der Waals surface area contributed by atoms with Crippen molar-refractivity contribution in [1.82, 2.24) is 4.98 Å². The lowest BCUT2D eigenvalue weighted by atomic mass is 9.95. The van der Waals surface area contributed by atoms with Gasteiger partial charge in [0.15, 0.2) is 5.13 Å². The largest absolute Gasteiger partial charge is 0.507 e. The van der Waals surface area contributed by atoms with Gasteiger partial charge in [-0.05, 0) is 43.2 Å². The van der Waals surface area contributed by atoms with Crippen molar-refractivity contribution < 1.29 is 29.0 Å². The number of hydrogen-bond acceptors (Lipinski definition) is 8. The molecule has 3 aromatic rings. The minimum atomic E-state index is -0.931. The van der Waals surface area contributed by atoms with Crippen molar-refractivity contribution in [1.29, 1.82) is 0 Å². The molecule has 1 saturated heterocycles. The van der Waals surface area contributed by atoms with Crippen LogP contribution >= 0.6 is 11.3 Å². The van der Waals surface area contributed by atoms with Crippen LogP contribution in [-0.2, 0) is 14.3 Å². The average Bonchev–Trinajstić information content (AvgIpc) is 3.35. The fraction of sp³-hybridized carbons (Fsp3) is 0.200. The Kier molecular flexibility index (Phi) is 6.21. The van der Waals surface area contributed by atoms with Gasteiger partial charge >= 0.3 is 11.9 Å². The average molecular weight is 479 g/mol. The molecule has 1 aliphatic rings. The molecule has 8 nitrogen and oxygen atoms in total. The maximum atomic E-state index is 13.2. The number of ketones is 1. The van der Waals surface area contributed by atoms with Gasteiger partial charge in [-0.1, -0.05) is 41.7 Å². The number of Topliss-reactive ketones (excluding diaryl/α,β-unsaturated/α-hetero) is 1. The summed E-state index contributed by atoms with van der Waals surface area (Å²) >= 11 is 0.957. The number of carbonyl (C=O) groups is 3. The van der Waals surface area contributed by atoms with Crippen LogP contribution in [0.2, 0.25) is 0 Å². The second-order valence-electron chi connectivity index (χ2n) is 7.67. The van der Waals surface area contributed by atoms with Gasteiger partial charge in [-0.15, -0.1) is 0 Å². The van der Waals surface area contributed by atoms with Gasteiger partial charge in [0.1, 0.15) is 16.4 Å². The van der Waals surface area contributed by atoms with Crippen LogP contribution in [0, 0.1) is 13.8 Å². The Morgan fingerprint density at radius 1 is 1.09 bits per heavy atom. The standard InChI is InChI=1S/C25H22N2O6S/c1-13-12-16(10-11-17(13)32-3)20(28)18-19(15-8-6-5-7-9-15)27(23(30)21(18)29)25-26-14(2)22(34-25)24(31)33-4/h5-12,19,28H,1-4H3/b20-18+/t19-/m0/s1. The maximum absolute atomic E-state index is 13.2. The number of methoxy groups -OCH3 is 2. The Bertz CT molecular complexity index is 1330. The molecule has 174 valence electrons. The van der Waals surface area contributed by atoms with E-state index in [-0.39, 0.29) is 21.3 Å². The van der Waals surface area contributed by atoms with E-state index in [1.165, 1.54) is 12.0 Å². The third-order valence-corrected chi connectivity index (χ3v) is 6.73. The van der Waals surface area contributed by atoms with Gasteiger partial charge in [0.2, 0.25) is 0 Å². The van der Waals surface area contributed by atoms with Crippen molar-refractivity contribution in [2.45, 2.75) is 19.9 Å². The van der Waals surface area contributed by atoms with Gasteiger partial charge in [0, 0.05) is 5.56 Å². The van der Waals surface area contributed by atoms with E-state index in [4.69, 9.17) is 9.47 Å². The number of benzene rings is 2. The van der Waals surface area contributed by atoms with E-state index in [0.29, 0.717) is 22.6 Å². The van der Waals surface area contributed by atoms with Gasteiger partial charge in [0.05, 0.1) is 31.5 Å². The number of anilines is 1. The molecule has 0 radical (unpaired) electrons. The Labute approximate surface area is 200 Å². The van der Waals surface area contributed by atoms with Crippen LogP contribution in [0.1, 0.15) is 38.1 Å². The molecule has 1 aliphatic heterocycles. The van der Waals surface area contributed by atoms with Gasteiger partial charge in [-0.2, -0.15) is 0 Å². The van der Waals surface area contributed by atoms with Crippen LogP contribution in [0.15, 0.2) is 54.1 Å². The van der Waals surface area contributed by atoms with Crippen LogP contribution in [0.3, 0.4) is 0 Å². The first-order chi connectivity index (χ1) is 16.3. The number of rotatable bonds is 5. The van der Waals surface area contributed by atoms with Crippen LogP contribution in [0.5, 0.6) is 5.75 Å². The lowest BCUT2D eigenvalue weighted by Gasteiger charge is -2.23. The number of aliphatic hydroxyl groups is 1. The Morgan fingerprint density at radius 3 is 2.41 bits per heavy atom. The Balaban J connectivity index is 1.92. The zero-order valence-electron chi connectivity index (χ0n) is 19.0. The fourth-order valence-corrected chi connectivity index (χ4v) is 4.94. The first-order valence-electron chi connectivity index (χ1n) is 10.3. The van der Waals surface area contributed by atoms with Gasteiger partial charge in [-0.25, -0.2) is 9.78 Å². The van der Waals surface area contributed by atoms with Crippen molar-refractivity contribution in [3.05, 3.63) is 81.4 Å². The molecular formula is C25H22N2O6S. The summed E-state index contributed by atoms with van der Waals surface area (Å²) in [5, 5.41) is 11.4. The highest BCUT2D eigenvalue weighted by Crippen LogP contribution is 2.44. The number of amides is 1. The van der Waals surface area contributed by atoms with Crippen LogP contribution in [0.25, 0.3) is 5.76 Å². The van der Waals surface area contributed by atoms with E-state index < -0.39 is 23.7 Å². The summed E-state index contributed by atoms with van der Waals surface area (Å²) < 4.78 is 10.1. The van der Waals surface area contributed by atoms with Crippen LogP contribution in [-0.4, -0.2) is 42.0 Å². The molecule has 2 heterocycles. The molecule has 34 heavy (non-hydrogen) atoms. The topological polar surface area (TPSA) is 106 Å². The fourth-order valence-electron chi connectivity index (χ4n) is 3.93. The first-order valence-corrected chi connectivity index (χ1v) is 11.2. The molecule has 2 aromatic carbocycles. The van der Waals surface area contributed by atoms with E-state index in [1.807, 2.05) is 13.0 Å². The lowest BCUT2D eigenvalue weighted by molar-refractivity contribution is -0.132. The van der Waals surface area contributed by atoms with E-state index >= 15 is 0 Å². The molecule has 0 aliphatic carbocycles. The number of esters is 1. The molecule has 0 saturated carbocycles. The molecule has 1 amide bonds. The minimum Gasteiger partial charge on any atom is -0.507 e. The summed E-state index contributed by atoms with van der Waals surface area (Å²) in [5.41, 5.74) is 2.07. The van der Waals surface area contributed by atoms with Crippen molar-refractivity contribution in [3.63, 3.8) is 0 Å². The predicted octanol–water partition coefficient (Wildman–Crippen LogP) is 4.18. The van der Waals surface area contributed by atoms with E-state index in [0.717, 1.165) is 16.9 Å². The van der Waals surface area contributed by atoms with E-state index in [9.17, 15) is 19.5 Å². The SMILES string of the molecule is COC(=O)c1sc(N2C(=O)C(=O)/C(=C(/O)c3ccc(OC)c(C)c3)[C@@H]2c2ccccc2)nc1C. The van der Waals surface area contributed by atoms with Gasteiger partial charge in [-0.3, -0.25) is 14.5 Å². The van der Waals surface area contributed by atoms with Crippen molar-refractivity contribution in [2.75, 3.05) is 19.1 Å². The predicted molar refractivity (Wildman–Crippen MR) is 127 cm³/mol. The molecular weight excluding hydrogens is 456 g/mol. The number of aromatic nitrogens is 1. The molecule has 1 atom stereocenters. The summed E-state index contributed by atoms with van der Waals surface area (Å²) in [7, 11) is 2.80. The third kappa shape index (κ3) is 3.84.